The topological polar surface area (TPSA) is 119 Å². The quantitative estimate of drug-likeness (QED) is 0.404. The number of nitro groups is 1. The average Bonchev–Trinajstić information content (AvgIpc) is 2.85. The molecule has 92 valence electrons. The second kappa shape index (κ2) is 3.81. The number of hydrogen-bond acceptors (Lipinski definition) is 7. The Hall–Kier alpha value is -1.96. The van der Waals surface area contributed by atoms with E-state index >= 15 is 0 Å². The molecule has 1 saturated carbocycles. The highest BCUT2D eigenvalue weighted by Gasteiger charge is 2.46. The van der Waals surface area contributed by atoms with Gasteiger partial charge in [-0.1, -0.05) is 13.8 Å². The van der Waals surface area contributed by atoms with Crippen molar-refractivity contribution in [2.24, 2.45) is 11.3 Å². The molecule has 17 heavy (non-hydrogen) atoms. The Morgan fingerprint density at radius 2 is 2.29 bits per heavy atom. The molecule has 0 saturated heterocycles. The van der Waals surface area contributed by atoms with Crippen molar-refractivity contribution < 1.29 is 4.92 Å². The number of hydrogen-bond donors (Lipinski definition) is 3. The van der Waals surface area contributed by atoms with Crippen molar-refractivity contribution in [3.05, 3.63) is 16.3 Å². The number of nitrogens with one attached hydrogen (secondary N) is 2. The zero-order valence-corrected chi connectivity index (χ0v) is 9.60. The van der Waals surface area contributed by atoms with Gasteiger partial charge >= 0.3 is 5.69 Å². The fourth-order valence-electron chi connectivity index (χ4n) is 1.56. The standard InChI is InChI=1S/C9H14N6O2/c1-9(2)3-6(9)12-7-5(15(16)17)4-11-8(13-7)14-10/h4,6H,3,10H2,1-2H3,(H2,11,12,13,14). The van der Waals surface area contributed by atoms with Crippen molar-refractivity contribution in [3.63, 3.8) is 0 Å². The zero-order valence-electron chi connectivity index (χ0n) is 9.60. The molecule has 0 aromatic carbocycles. The van der Waals surface area contributed by atoms with Crippen molar-refractivity contribution in [1.29, 1.82) is 0 Å². The second-order valence-corrected chi connectivity index (χ2v) is 4.72. The maximum Gasteiger partial charge on any atom is 0.329 e. The molecule has 1 heterocycles. The highest BCUT2D eigenvalue weighted by molar-refractivity contribution is 5.58. The monoisotopic (exact) mass is 238 g/mol. The highest BCUT2D eigenvalue weighted by Crippen LogP contribution is 2.47. The van der Waals surface area contributed by atoms with Crippen molar-refractivity contribution in [3.8, 4) is 0 Å². The van der Waals surface area contributed by atoms with Crippen LogP contribution in [0.3, 0.4) is 0 Å². The van der Waals surface area contributed by atoms with Crippen molar-refractivity contribution in [1.82, 2.24) is 9.97 Å². The molecule has 2 rings (SSSR count). The molecule has 1 unspecified atom stereocenters. The Morgan fingerprint density at radius 3 is 2.76 bits per heavy atom. The van der Waals surface area contributed by atoms with Crippen molar-refractivity contribution in [2.75, 3.05) is 10.7 Å². The van der Waals surface area contributed by atoms with Gasteiger partial charge < -0.3 is 5.32 Å². The first-order valence-corrected chi connectivity index (χ1v) is 5.18. The minimum absolute atomic E-state index is 0.147. The van der Waals surface area contributed by atoms with Gasteiger partial charge in [-0.2, -0.15) is 4.98 Å². The van der Waals surface area contributed by atoms with E-state index in [1.165, 1.54) is 0 Å². The zero-order chi connectivity index (χ0) is 12.6. The Kier molecular flexibility index (Phi) is 2.58. The lowest BCUT2D eigenvalue weighted by Gasteiger charge is -2.08. The van der Waals surface area contributed by atoms with E-state index in [0.717, 1.165) is 12.6 Å². The summed E-state index contributed by atoms with van der Waals surface area (Å²) >= 11 is 0. The van der Waals surface area contributed by atoms with Crippen LogP contribution in [-0.2, 0) is 0 Å². The van der Waals surface area contributed by atoms with Gasteiger partial charge in [-0.05, 0) is 11.8 Å². The smallest absolute Gasteiger partial charge is 0.329 e. The van der Waals surface area contributed by atoms with Gasteiger partial charge in [0.1, 0.15) is 6.20 Å². The summed E-state index contributed by atoms with van der Waals surface area (Å²) in [4.78, 5) is 18.0. The molecule has 0 spiro atoms. The van der Waals surface area contributed by atoms with E-state index in [0.29, 0.717) is 0 Å². The van der Waals surface area contributed by atoms with Crippen LogP contribution >= 0.6 is 0 Å². The third-order valence-corrected chi connectivity index (χ3v) is 2.92. The maximum atomic E-state index is 10.8. The molecule has 8 heteroatoms. The van der Waals surface area contributed by atoms with E-state index in [4.69, 9.17) is 5.84 Å². The Balaban J connectivity index is 2.26. The number of aromatic nitrogens is 2. The van der Waals surface area contributed by atoms with Gasteiger partial charge in [-0.15, -0.1) is 0 Å². The molecule has 0 aliphatic heterocycles. The van der Waals surface area contributed by atoms with Gasteiger partial charge in [0.2, 0.25) is 11.8 Å². The fourth-order valence-corrected chi connectivity index (χ4v) is 1.56. The van der Waals surface area contributed by atoms with Crippen LogP contribution in [-0.4, -0.2) is 20.9 Å². The predicted molar refractivity (Wildman–Crippen MR) is 62.3 cm³/mol. The van der Waals surface area contributed by atoms with Gasteiger partial charge in [-0.3, -0.25) is 15.5 Å². The lowest BCUT2D eigenvalue weighted by Crippen LogP contribution is -2.15. The van der Waals surface area contributed by atoms with Crippen molar-refractivity contribution in [2.45, 2.75) is 26.3 Å². The summed E-state index contributed by atoms with van der Waals surface area (Å²) in [7, 11) is 0. The lowest BCUT2D eigenvalue weighted by atomic mass is 10.2. The van der Waals surface area contributed by atoms with E-state index in [9.17, 15) is 10.1 Å². The third kappa shape index (κ3) is 2.26. The minimum Gasteiger partial charge on any atom is -0.361 e. The molecule has 1 aromatic heterocycles. The number of nitrogens with two attached hydrogens (primary N) is 1. The molecule has 1 aromatic rings. The normalized spacial score (nSPS) is 20.8. The predicted octanol–water partition coefficient (Wildman–Crippen LogP) is 0.881. The molecule has 0 radical (unpaired) electrons. The molecule has 1 fully saturated rings. The van der Waals surface area contributed by atoms with Gasteiger partial charge in [0, 0.05) is 6.04 Å². The van der Waals surface area contributed by atoms with Crippen molar-refractivity contribution >= 4 is 17.5 Å². The molecular weight excluding hydrogens is 224 g/mol. The first-order valence-electron chi connectivity index (χ1n) is 5.18. The molecule has 4 N–H and O–H groups in total. The van der Waals surface area contributed by atoms with Gasteiger partial charge in [0.05, 0.1) is 4.92 Å². The molecule has 1 aliphatic rings. The number of hydrazine groups is 1. The summed E-state index contributed by atoms with van der Waals surface area (Å²) < 4.78 is 0. The molecule has 1 aliphatic carbocycles. The lowest BCUT2D eigenvalue weighted by molar-refractivity contribution is -0.384. The summed E-state index contributed by atoms with van der Waals surface area (Å²) in [5, 5.41) is 13.9. The molecule has 8 nitrogen and oxygen atoms in total. The molecule has 0 amide bonds. The van der Waals surface area contributed by atoms with Crippen LogP contribution in [0.15, 0.2) is 6.20 Å². The van der Waals surface area contributed by atoms with Crippen LogP contribution in [0.4, 0.5) is 17.5 Å². The van der Waals surface area contributed by atoms with Gasteiger partial charge in [-0.25, -0.2) is 10.8 Å². The van der Waals surface area contributed by atoms with Crippen LogP contribution in [0.2, 0.25) is 0 Å². The van der Waals surface area contributed by atoms with E-state index in [2.05, 4.69) is 34.6 Å². The number of rotatable bonds is 4. The largest absolute Gasteiger partial charge is 0.361 e. The number of nitrogen functional groups attached to an aromatic ring is 1. The highest BCUT2D eigenvalue weighted by atomic mass is 16.6. The van der Waals surface area contributed by atoms with E-state index in [-0.39, 0.29) is 28.9 Å². The summed E-state index contributed by atoms with van der Waals surface area (Å²) in [5.41, 5.74) is 2.26. The van der Waals surface area contributed by atoms with Crippen LogP contribution < -0.4 is 16.6 Å². The van der Waals surface area contributed by atoms with E-state index in [1.54, 1.807) is 0 Å². The summed E-state index contributed by atoms with van der Waals surface area (Å²) in [6, 6.07) is 0.196. The van der Waals surface area contributed by atoms with E-state index in [1.807, 2.05) is 0 Å². The Bertz CT molecular complexity index is 461. The first kappa shape index (κ1) is 11.5. The summed E-state index contributed by atoms with van der Waals surface area (Å²) in [6.45, 7) is 4.17. The molecular formula is C9H14N6O2. The number of anilines is 2. The Labute approximate surface area is 97.8 Å². The van der Waals surface area contributed by atoms with Crippen LogP contribution in [0, 0.1) is 15.5 Å². The maximum absolute atomic E-state index is 10.8. The number of nitrogens with zero attached hydrogens (tertiary/aromatic N) is 3. The third-order valence-electron chi connectivity index (χ3n) is 2.92. The van der Waals surface area contributed by atoms with Crippen LogP contribution in [0.25, 0.3) is 0 Å². The Morgan fingerprint density at radius 1 is 1.65 bits per heavy atom. The van der Waals surface area contributed by atoms with Gasteiger partial charge in [0.25, 0.3) is 0 Å². The second-order valence-electron chi connectivity index (χ2n) is 4.72. The van der Waals surface area contributed by atoms with Gasteiger partial charge in [0.15, 0.2) is 0 Å². The van der Waals surface area contributed by atoms with Crippen LogP contribution in [0.1, 0.15) is 20.3 Å². The first-order chi connectivity index (χ1) is 7.94. The van der Waals surface area contributed by atoms with E-state index < -0.39 is 4.92 Å². The minimum atomic E-state index is -0.516. The molecule has 0 bridgehead atoms. The summed E-state index contributed by atoms with van der Waals surface area (Å²) in [6.07, 6.45) is 2.10. The fraction of sp³-hybridized carbons (Fsp3) is 0.556. The average molecular weight is 238 g/mol. The van der Waals surface area contributed by atoms with Crippen LogP contribution in [0.5, 0.6) is 0 Å². The SMILES string of the molecule is CC1(C)CC1Nc1nc(NN)ncc1[N+](=O)[O-]. The molecule has 1 atom stereocenters. The summed E-state index contributed by atoms with van der Waals surface area (Å²) in [5.74, 6) is 5.52.